The van der Waals surface area contributed by atoms with Crippen LogP contribution in [0.5, 0.6) is 0 Å². The number of hydrogen-bond acceptors (Lipinski definition) is 5. The molecular formula is C17H21N5O. The monoisotopic (exact) mass is 311 g/mol. The molecule has 3 N–H and O–H groups in total. The molecule has 1 saturated heterocycles. The number of nitrogens with one attached hydrogen (secondary N) is 1. The maximum atomic E-state index is 12.1. The molecule has 6 nitrogen and oxygen atoms in total. The van der Waals surface area contributed by atoms with Gasteiger partial charge in [-0.3, -0.25) is 9.69 Å². The van der Waals surface area contributed by atoms with Gasteiger partial charge in [0.05, 0.1) is 5.56 Å². The first-order valence-electron chi connectivity index (χ1n) is 7.86. The summed E-state index contributed by atoms with van der Waals surface area (Å²) in [6.45, 7) is 3.78. The van der Waals surface area contributed by atoms with Gasteiger partial charge in [0, 0.05) is 19.3 Å². The van der Waals surface area contributed by atoms with Gasteiger partial charge in [0.15, 0.2) is 0 Å². The summed E-state index contributed by atoms with van der Waals surface area (Å²) < 4.78 is 0. The molecule has 0 saturated carbocycles. The second kappa shape index (κ2) is 7.19. The van der Waals surface area contributed by atoms with E-state index in [1.807, 2.05) is 12.1 Å². The summed E-state index contributed by atoms with van der Waals surface area (Å²) in [6, 6.07) is 8.32. The minimum atomic E-state index is -0.256. The van der Waals surface area contributed by atoms with Crippen LogP contribution in [0, 0.1) is 0 Å². The van der Waals surface area contributed by atoms with Crippen molar-refractivity contribution in [2.45, 2.75) is 25.9 Å². The van der Waals surface area contributed by atoms with Crippen LogP contribution in [0.1, 0.15) is 34.3 Å². The quantitative estimate of drug-likeness (QED) is 0.876. The third-order valence-corrected chi connectivity index (χ3v) is 4.04. The molecule has 120 valence electrons. The first-order chi connectivity index (χ1) is 11.2. The van der Waals surface area contributed by atoms with Crippen LogP contribution in [0.25, 0.3) is 0 Å². The highest BCUT2D eigenvalue weighted by Gasteiger charge is 2.13. The zero-order valence-corrected chi connectivity index (χ0v) is 13.0. The van der Waals surface area contributed by atoms with Gasteiger partial charge in [-0.15, -0.1) is 0 Å². The number of aromatic nitrogens is 2. The average Bonchev–Trinajstić information content (AvgIpc) is 3.06. The topological polar surface area (TPSA) is 84.1 Å². The first-order valence-corrected chi connectivity index (χ1v) is 7.86. The van der Waals surface area contributed by atoms with Crippen molar-refractivity contribution in [2.24, 2.45) is 0 Å². The molecule has 0 bridgehead atoms. The van der Waals surface area contributed by atoms with Gasteiger partial charge in [-0.2, -0.15) is 0 Å². The van der Waals surface area contributed by atoms with Gasteiger partial charge in [0.2, 0.25) is 0 Å². The predicted octanol–water partition coefficient (Wildman–Crippen LogP) is 1.58. The molecule has 1 fully saturated rings. The van der Waals surface area contributed by atoms with Crippen LogP contribution < -0.4 is 11.1 Å². The third-order valence-electron chi connectivity index (χ3n) is 4.04. The van der Waals surface area contributed by atoms with Gasteiger partial charge in [-0.1, -0.05) is 24.3 Å². The lowest BCUT2D eigenvalue weighted by Gasteiger charge is -2.15. The largest absolute Gasteiger partial charge is 0.383 e. The maximum Gasteiger partial charge on any atom is 0.256 e. The van der Waals surface area contributed by atoms with E-state index in [9.17, 15) is 4.79 Å². The molecule has 1 aliphatic heterocycles. The Morgan fingerprint density at radius 1 is 1.26 bits per heavy atom. The van der Waals surface area contributed by atoms with E-state index in [4.69, 9.17) is 5.73 Å². The number of nitrogens with two attached hydrogens (primary N) is 1. The standard InChI is InChI=1S/C17H21N5O/c18-16-15(10-19-12-21-16)17(23)20-9-13-4-3-5-14(8-13)11-22-6-1-2-7-22/h3-5,8,10,12H,1-2,6-7,9,11H2,(H,20,23)(H2,18,19,21). The van der Waals surface area contributed by atoms with Gasteiger partial charge < -0.3 is 11.1 Å². The second-order valence-electron chi connectivity index (χ2n) is 5.81. The zero-order valence-electron chi connectivity index (χ0n) is 13.0. The molecule has 23 heavy (non-hydrogen) atoms. The molecule has 3 rings (SSSR count). The van der Waals surface area contributed by atoms with Gasteiger partial charge in [0.25, 0.3) is 5.91 Å². The highest BCUT2D eigenvalue weighted by atomic mass is 16.1. The second-order valence-corrected chi connectivity index (χ2v) is 5.81. The fourth-order valence-corrected chi connectivity index (χ4v) is 2.83. The number of nitrogens with zero attached hydrogens (tertiary/aromatic N) is 3. The molecular weight excluding hydrogens is 290 g/mol. The normalized spacial score (nSPS) is 14.8. The van der Waals surface area contributed by atoms with E-state index in [1.54, 1.807) is 0 Å². The lowest BCUT2D eigenvalue weighted by Crippen LogP contribution is -2.24. The summed E-state index contributed by atoms with van der Waals surface area (Å²) in [4.78, 5) is 22.2. The van der Waals surface area contributed by atoms with Crippen LogP contribution in [0.2, 0.25) is 0 Å². The van der Waals surface area contributed by atoms with E-state index in [-0.39, 0.29) is 11.7 Å². The highest BCUT2D eigenvalue weighted by molar-refractivity contribution is 5.97. The first kappa shape index (κ1) is 15.4. The van der Waals surface area contributed by atoms with Crippen LogP contribution in [-0.4, -0.2) is 33.9 Å². The van der Waals surface area contributed by atoms with E-state index in [0.29, 0.717) is 12.1 Å². The molecule has 1 aromatic carbocycles. The average molecular weight is 311 g/mol. The number of benzene rings is 1. The number of carbonyl (C=O) groups excluding carboxylic acids is 1. The Balaban J connectivity index is 1.59. The molecule has 1 aromatic heterocycles. The fraction of sp³-hybridized carbons (Fsp3) is 0.353. The number of likely N-dealkylation sites (tertiary alicyclic amines) is 1. The van der Waals surface area contributed by atoms with Gasteiger partial charge in [-0.25, -0.2) is 9.97 Å². The van der Waals surface area contributed by atoms with E-state index < -0.39 is 0 Å². The number of anilines is 1. The summed E-state index contributed by atoms with van der Waals surface area (Å²) in [5.74, 6) is -0.0617. The molecule has 0 spiro atoms. The fourth-order valence-electron chi connectivity index (χ4n) is 2.83. The van der Waals surface area contributed by atoms with E-state index in [0.717, 1.165) is 12.1 Å². The minimum Gasteiger partial charge on any atom is -0.383 e. The van der Waals surface area contributed by atoms with Crippen LogP contribution >= 0.6 is 0 Å². The van der Waals surface area contributed by atoms with Crippen LogP contribution in [0.15, 0.2) is 36.8 Å². The highest BCUT2D eigenvalue weighted by Crippen LogP contribution is 2.14. The summed E-state index contributed by atoms with van der Waals surface area (Å²) >= 11 is 0. The van der Waals surface area contributed by atoms with Crippen molar-refractivity contribution in [1.29, 1.82) is 0 Å². The number of amides is 1. The molecule has 1 amide bonds. The summed E-state index contributed by atoms with van der Waals surface area (Å²) in [6.07, 6.45) is 5.34. The molecule has 0 unspecified atom stereocenters. The molecule has 6 heteroatoms. The smallest absolute Gasteiger partial charge is 0.256 e. The molecule has 2 heterocycles. The summed E-state index contributed by atoms with van der Waals surface area (Å²) in [5, 5.41) is 2.86. The predicted molar refractivity (Wildman–Crippen MR) is 88.6 cm³/mol. The maximum absolute atomic E-state index is 12.1. The summed E-state index contributed by atoms with van der Waals surface area (Å²) in [7, 11) is 0. The van der Waals surface area contributed by atoms with Crippen molar-refractivity contribution >= 4 is 11.7 Å². The van der Waals surface area contributed by atoms with Crippen LogP contribution in [0.3, 0.4) is 0 Å². The molecule has 0 aliphatic carbocycles. The molecule has 0 radical (unpaired) electrons. The Bertz CT molecular complexity index is 682. The lowest BCUT2D eigenvalue weighted by atomic mass is 10.1. The van der Waals surface area contributed by atoms with Gasteiger partial charge in [0.1, 0.15) is 12.1 Å². The Morgan fingerprint density at radius 3 is 2.83 bits per heavy atom. The Kier molecular flexibility index (Phi) is 4.83. The van der Waals surface area contributed by atoms with Crippen molar-refractivity contribution in [3.8, 4) is 0 Å². The van der Waals surface area contributed by atoms with Crippen molar-refractivity contribution in [3.05, 3.63) is 53.5 Å². The Labute approximate surface area is 135 Å². The zero-order chi connectivity index (χ0) is 16.1. The van der Waals surface area contributed by atoms with E-state index >= 15 is 0 Å². The Hall–Kier alpha value is -2.47. The summed E-state index contributed by atoms with van der Waals surface area (Å²) in [5.41, 5.74) is 8.35. The van der Waals surface area contributed by atoms with E-state index in [1.165, 1.54) is 44.0 Å². The number of hydrogen-bond donors (Lipinski definition) is 2. The van der Waals surface area contributed by atoms with Crippen molar-refractivity contribution in [1.82, 2.24) is 20.2 Å². The van der Waals surface area contributed by atoms with Gasteiger partial charge in [-0.05, 0) is 37.1 Å². The van der Waals surface area contributed by atoms with Crippen molar-refractivity contribution in [3.63, 3.8) is 0 Å². The number of nitrogen functional groups attached to an aromatic ring is 1. The van der Waals surface area contributed by atoms with Gasteiger partial charge >= 0.3 is 0 Å². The van der Waals surface area contributed by atoms with E-state index in [2.05, 4.69) is 32.3 Å². The minimum absolute atomic E-state index is 0.195. The van der Waals surface area contributed by atoms with Crippen molar-refractivity contribution < 1.29 is 4.79 Å². The van der Waals surface area contributed by atoms with Crippen LogP contribution in [0.4, 0.5) is 5.82 Å². The number of carbonyl (C=O) groups is 1. The number of rotatable bonds is 5. The Morgan fingerprint density at radius 2 is 2.04 bits per heavy atom. The van der Waals surface area contributed by atoms with Crippen LogP contribution in [-0.2, 0) is 13.1 Å². The lowest BCUT2D eigenvalue weighted by molar-refractivity contribution is 0.0951. The molecule has 1 aliphatic rings. The molecule has 0 atom stereocenters. The third kappa shape index (κ3) is 4.04. The molecule has 2 aromatic rings. The van der Waals surface area contributed by atoms with Crippen molar-refractivity contribution in [2.75, 3.05) is 18.8 Å². The SMILES string of the molecule is Nc1ncncc1C(=O)NCc1cccc(CN2CCCC2)c1.